The van der Waals surface area contributed by atoms with Gasteiger partial charge < -0.3 is 29.3 Å². The molecule has 0 spiro atoms. The minimum atomic E-state index is -4.89. The molecule has 3 saturated heterocycles. The van der Waals surface area contributed by atoms with Crippen molar-refractivity contribution in [1.29, 1.82) is 0 Å². The van der Waals surface area contributed by atoms with Gasteiger partial charge in [0.15, 0.2) is 17.1 Å². The first-order valence-corrected chi connectivity index (χ1v) is 25.4. The number of hydrogen-bond donors (Lipinski definition) is 1. The molecule has 6 aromatic rings. The van der Waals surface area contributed by atoms with Crippen molar-refractivity contribution >= 4 is 17.7 Å². The molecule has 0 bridgehead atoms. The van der Waals surface area contributed by atoms with Gasteiger partial charge in [-0.1, -0.05) is 57.2 Å². The molecular formula is C54H56F9N9O6. The number of rotatable bonds is 18. The van der Waals surface area contributed by atoms with E-state index in [0.717, 1.165) is 16.7 Å². The number of likely N-dealkylation sites (tertiary alicyclic amines) is 3. The van der Waals surface area contributed by atoms with Crippen LogP contribution in [0.2, 0.25) is 0 Å². The molecule has 3 aliphatic heterocycles. The van der Waals surface area contributed by atoms with Crippen LogP contribution in [0.15, 0.2) is 72.8 Å². The maximum absolute atomic E-state index is 14.6. The van der Waals surface area contributed by atoms with Crippen LogP contribution >= 0.6 is 0 Å². The number of alkyl halides is 9. The number of hydrogen-bond acceptors (Lipinski definition) is 9. The molecule has 2 atom stereocenters. The lowest BCUT2D eigenvalue weighted by Gasteiger charge is -2.18. The van der Waals surface area contributed by atoms with Crippen molar-refractivity contribution in [3.05, 3.63) is 140 Å². The van der Waals surface area contributed by atoms with E-state index >= 15 is 0 Å². The molecule has 24 heteroatoms. The molecule has 9 rings (SSSR count). The number of aliphatic hydroxyl groups is 1. The Hall–Kier alpha value is -7.05. The fraction of sp³-hybridized carbons (Fsp3) is 0.444. The summed E-state index contributed by atoms with van der Waals surface area (Å²) in [6.07, 6.45) is -14.9. The molecule has 2 unspecified atom stereocenters. The summed E-state index contributed by atoms with van der Waals surface area (Å²) in [6.45, 7) is 6.24. The minimum Gasteiger partial charge on any atom is -0.392 e. The zero-order chi connectivity index (χ0) is 56.0. The van der Waals surface area contributed by atoms with Crippen molar-refractivity contribution in [2.24, 2.45) is 0 Å². The molecule has 0 saturated carbocycles. The van der Waals surface area contributed by atoms with E-state index in [2.05, 4.69) is 15.3 Å². The second-order valence-electron chi connectivity index (χ2n) is 19.9. The number of aliphatic hydroxyl groups excluding tert-OH is 1. The molecule has 15 nitrogen and oxygen atoms in total. The van der Waals surface area contributed by atoms with Crippen molar-refractivity contribution in [2.45, 2.75) is 136 Å². The highest BCUT2D eigenvalue weighted by Gasteiger charge is 2.43. The molecule has 3 amide bonds. The van der Waals surface area contributed by atoms with Gasteiger partial charge >= 0.3 is 18.5 Å². The Kier molecular flexibility index (Phi) is 15.7. The number of amides is 3. The van der Waals surface area contributed by atoms with Gasteiger partial charge in [-0.2, -0.15) is 54.8 Å². The van der Waals surface area contributed by atoms with E-state index in [4.69, 9.17) is 9.47 Å². The van der Waals surface area contributed by atoms with E-state index < -0.39 is 85.4 Å². The maximum atomic E-state index is 14.6. The Morgan fingerprint density at radius 1 is 0.577 bits per heavy atom. The second-order valence-corrected chi connectivity index (χ2v) is 19.9. The smallest absolute Gasteiger partial charge is 0.392 e. The maximum Gasteiger partial charge on any atom is 0.435 e. The van der Waals surface area contributed by atoms with Gasteiger partial charge in [-0.3, -0.25) is 14.4 Å². The lowest BCUT2D eigenvalue weighted by molar-refractivity contribution is -0.145. The first-order chi connectivity index (χ1) is 36.9. The van der Waals surface area contributed by atoms with Crippen molar-refractivity contribution in [3.8, 4) is 17.1 Å². The van der Waals surface area contributed by atoms with Gasteiger partial charge in [0.25, 0.3) is 11.8 Å². The third-order valence-electron chi connectivity index (χ3n) is 14.4. The molecule has 1 N–H and O–H groups in total. The van der Waals surface area contributed by atoms with Crippen LogP contribution in [0.3, 0.4) is 0 Å². The average molecular weight is 1100 g/mol. The third-order valence-corrected chi connectivity index (χ3v) is 14.4. The van der Waals surface area contributed by atoms with E-state index in [1.165, 1.54) is 38.2 Å². The Balaban J connectivity index is 0.828. The summed E-state index contributed by atoms with van der Waals surface area (Å²) in [5.41, 5.74) is -0.678. The molecule has 6 heterocycles. The zero-order valence-corrected chi connectivity index (χ0v) is 43.0. The predicted octanol–water partition coefficient (Wildman–Crippen LogP) is 9.54. The molecule has 3 aliphatic rings. The number of ether oxygens (including phenoxy) is 2. The summed E-state index contributed by atoms with van der Waals surface area (Å²) in [6, 6.07) is 19.5. The highest BCUT2D eigenvalue weighted by atomic mass is 19.4. The van der Waals surface area contributed by atoms with Crippen LogP contribution in [0.1, 0.15) is 120 Å². The Labute approximate surface area is 442 Å². The minimum absolute atomic E-state index is 0.0526. The van der Waals surface area contributed by atoms with Crippen LogP contribution in [0.4, 0.5) is 39.5 Å². The van der Waals surface area contributed by atoms with Crippen molar-refractivity contribution < 1.29 is 68.5 Å². The SMILES string of the molecule is CCc1c(COC2CCN(Cc3ccc(-n4nc(C(F)(F)F)c(CO)c4C)cc3)C2=O)c(C(F)(F)F)nn1-c1ccc(CN2CCC(OCc3c(C(F)(F)F)nn(-c4ccc(CN5CCCC5=O)cc4)c3C(C)C)C2=O)cc1. The largest absolute Gasteiger partial charge is 0.435 e. The molecule has 78 heavy (non-hydrogen) atoms. The lowest BCUT2D eigenvalue weighted by atomic mass is 10.0. The van der Waals surface area contributed by atoms with E-state index in [1.54, 1.807) is 86.3 Å². The predicted molar refractivity (Wildman–Crippen MR) is 262 cm³/mol. The van der Waals surface area contributed by atoms with Crippen LogP contribution in [0, 0.1) is 6.92 Å². The highest BCUT2D eigenvalue weighted by Crippen LogP contribution is 2.39. The molecule has 3 aromatic carbocycles. The molecule has 0 radical (unpaired) electrons. The summed E-state index contributed by atoms with van der Waals surface area (Å²) in [7, 11) is 0. The van der Waals surface area contributed by atoms with Crippen LogP contribution < -0.4 is 0 Å². The van der Waals surface area contributed by atoms with E-state index in [-0.39, 0.29) is 90.8 Å². The summed E-state index contributed by atoms with van der Waals surface area (Å²) in [5, 5.41) is 21.2. The lowest BCUT2D eigenvalue weighted by Crippen LogP contribution is -2.30. The van der Waals surface area contributed by atoms with Gasteiger partial charge in [-0.25, -0.2) is 14.0 Å². The molecule has 0 aliphatic carbocycles. The summed E-state index contributed by atoms with van der Waals surface area (Å²) in [5.74, 6) is -1.27. The van der Waals surface area contributed by atoms with E-state index in [0.29, 0.717) is 42.0 Å². The average Bonchev–Trinajstić information content (AvgIpc) is 4.39. The second kappa shape index (κ2) is 22.0. The third kappa shape index (κ3) is 11.4. The Morgan fingerprint density at radius 2 is 0.987 bits per heavy atom. The fourth-order valence-electron chi connectivity index (χ4n) is 10.4. The first-order valence-electron chi connectivity index (χ1n) is 25.4. The monoisotopic (exact) mass is 1100 g/mol. The fourth-order valence-corrected chi connectivity index (χ4v) is 10.4. The normalized spacial score (nSPS) is 17.6. The Bertz CT molecular complexity index is 3160. The van der Waals surface area contributed by atoms with E-state index in [9.17, 15) is 59.0 Å². The summed E-state index contributed by atoms with van der Waals surface area (Å²) >= 11 is 0. The quantitative estimate of drug-likeness (QED) is 0.0830. The standard InChI is InChI=1S/C54H56F9N9O6/c1-5-42-40(29-77-43-20-23-68(50(43)75)26-34-8-14-36(15-9-34)70-32(4)39(28-73)47(64-70)52(55,56)57)48(53(58,59)60)65-71(42)37-16-10-35(11-17-37)27-69-24-21-44(51(69)76)78-30-41-46(31(2)3)72(66-49(41)54(61,62)63)38-18-12-33(13-19-38)25-67-22-6-7-45(67)74/h8-19,31,43-44,73H,5-7,20-30H2,1-4H3. The van der Waals surface area contributed by atoms with Gasteiger partial charge in [0.2, 0.25) is 5.91 Å². The van der Waals surface area contributed by atoms with Crippen LogP contribution in [-0.2, 0) is 88.3 Å². The summed E-state index contributed by atoms with van der Waals surface area (Å²) < 4.78 is 144. The first kappa shape index (κ1) is 55.7. The Morgan fingerprint density at radius 3 is 1.41 bits per heavy atom. The van der Waals surface area contributed by atoms with Gasteiger partial charge in [0.1, 0.15) is 12.2 Å². The number of nitrogens with zero attached hydrogens (tertiary/aromatic N) is 9. The number of aromatic nitrogens is 6. The van der Waals surface area contributed by atoms with Crippen molar-refractivity contribution in [1.82, 2.24) is 44.0 Å². The van der Waals surface area contributed by atoms with Gasteiger partial charge in [-0.15, -0.1) is 0 Å². The number of benzene rings is 3. The van der Waals surface area contributed by atoms with Crippen molar-refractivity contribution in [3.63, 3.8) is 0 Å². The van der Waals surface area contributed by atoms with Gasteiger partial charge in [-0.05, 0) is 78.8 Å². The van der Waals surface area contributed by atoms with E-state index in [1.807, 2.05) is 0 Å². The van der Waals surface area contributed by atoms with Crippen LogP contribution in [0.25, 0.3) is 17.1 Å². The number of carbonyl (C=O) groups is 3. The van der Waals surface area contributed by atoms with Crippen LogP contribution in [0.5, 0.6) is 0 Å². The molecule has 416 valence electrons. The van der Waals surface area contributed by atoms with Crippen molar-refractivity contribution in [2.75, 3.05) is 19.6 Å². The molecular weight excluding hydrogens is 1040 g/mol. The number of carbonyl (C=O) groups excluding carboxylic acids is 3. The molecule has 3 fully saturated rings. The zero-order valence-electron chi connectivity index (χ0n) is 43.0. The number of halogens is 9. The highest BCUT2D eigenvalue weighted by molar-refractivity contribution is 5.83. The van der Waals surface area contributed by atoms with Gasteiger partial charge in [0.05, 0.1) is 48.3 Å². The topological polar surface area (TPSA) is 153 Å². The molecule has 3 aromatic heterocycles. The summed E-state index contributed by atoms with van der Waals surface area (Å²) in [4.78, 5) is 44.0. The van der Waals surface area contributed by atoms with Crippen LogP contribution in [-0.4, -0.2) is 98.7 Å². The van der Waals surface area contributed by atoms with Gasteiger partial charge in [0, 0.05) is 80.9 Å².